The first-order chi connectivity index (χ1) is 30.3. The van der Waals surface area contributed by atoms with E-state index in [1.165, 1.54) is 205 Å². The van der Waals surface area contributed by atoms with E-state index in [2.05, 4.69) is 38.2 Å². The maximum absolute atomic E-state index is 13.1. The molecule has 8 heteroatoms. The average Bonchev–Trinajstić information content (AvgIpc) is 3.26. The van der Waals surface area contributed by atoms with Crippen molar-refractivity contribution in [2.75, 3.05) is 13.2 Å². The fourth-order valence-corrected chi connectivity index (χ4v) is 8.78. The van der Waals surface area contributed by atoms with Crippen LogP contribution in [0.3, 0.4) is 0 Å². The van der Waals surface area contributed by atoms with Gasteiger partial charge in [-0.05, 0) is 76.3 Å². The Kier molecular flexibility index (Phi) is 39.5. The summed E-state index contributed by atoms with van der Waals surface area (Å²) in [5.41, 5.74) is -0.670. The second kappa shape index (κ2) is 42.5. The summed E-state index contributed by atoms with van der Waals surface area (Å²) in [4.78, 5) is 25.5. The number of benzene rings is 1. The predicted octanol–water partition coefficient (Wildman–Crippen LogP) is 17.2. The lowest BCUT2D eigenvalue weighted by molar-refractivity contribution is 0.0446. The molecule has 62 heavy (non-hydrogen) atoms. The van der Waals surface area contributed by atoms with E-state index in [0.29, 0.717) is 12.8 Å². The van der Waals surface area contributed by atoms with Gasteiger partial charge in [0.25, 0.3) is 10.1 Å². The van der Waals surface area contributed by atoms with Gasteiger partial charge in [0.1, 0.15) is 4.90 Å². The third-order valence-corrected chi connectivity index (χ3v) is 12.9. The van der Waals surface area contributed by atoms with E-state index in [-0.39, 0.29) is 18.8 Å². The van der Waals surface area contributed by atoms with Gasteiger partial charge < -0.3 is 9.47 Å². The SMILES string of the molecule is CCCCCCCC/C=C/CCCCCCCCCCCCCOC(=O)c1cccc(S(=O)(=O)O)c1C(=O)OCCCCCCCCCCCCC/C=C/CCCCCCCC. The van der Waals surface area contributed by atoms with Crippen LogP contribution in [0, 0.1) is 0 Å². The fourth-order valence-electron chi connectivity index (χ4n) is 8.07. The maximum atomic E-state index is 13.1. The van der Waals surface area contributed by atoms with E-state index in [0.717, 1.165) is 44.6 Å². The molecule has 0 atom stereocenters. The van der Waals surface area contributed by atoms with E-state index < -0.39 is 32.5 Å². The van der Waals surface area contributed by atoms with Crippen molar-refractivity contribution in [3.8, 4) is 0 Å². The van der Waals surface area contributed by atoms with E-state index in [1.807, 2.05) is 0 Å². The molecule has 0 radical (unpaired) electrons. The molecule has 358 valence electrons. The number of ether oxygens (including phenoxy) is 2. The van der Waals surface area contributed by atoms with Crippen LogP contribution >= 0.6 is 0 Å². The molecule has 0 amide bonds. The number of rotatable bonds is 45. The monoisotopic (exact) mass is 887 g/mol. The molecule has 0 aromatic heterocycles. The number of hydrogen-bond donors (Lipinski definition) is 1. The van der Waals surface area contributed by atoms with Crippen LogP contribution in [-0.4, -0.2) is 38.1 Å². The Balaban J connectivity index is 2.14. The van der Waals surface area contributed by atoms with Crippen molar-refractivity contribution in [1.82, 2.24) is 0 Å². The molecule has 1 N–H and O–H groups in total. The lowest BCUT2D eigenvalue weighted by Gasteiger charge is -2.13. The van der Waals surface area contributed by atoms with Crippen LogP contribution in [-0.2, 0) is 19.6 Å². The molecular weight excluding hydrogens is 793 g/mol. The van der Waals surface area contributed by atoms with Crippen LogP contribution < -0.4 is 0 Å². The Labute approximate surface area is 382 Å². The molecule has 0 aliphatic rings. The van der Waals surface area contributed by atoms with Crippen LogP contribution in [0.1, 0.15) is 279 Å². The third-order valence-electron chi connectivity index (χ3n) is 12.0. The van der Waals surface area contributed by atoms with Crippen molar-refractivity contribution in [2.45, 2.75) is 263 Å². The normalized spacial score (nSPS) is 11.9. The minimum atomic E-state index is -4.77. The average molecular weight is 887 g/mol. The summed E-state index contributed by atoms with van der Waals surface area (Å²) >= 11 is 0. The first-order valence-corrected chi connectivity index (χ1v) is 27.5. The second-order valence-corrected chi connectivity index (χ2v) is 19.2. The van der Waals surface area contributed by atoms with Gasteiger partial charge >= 0.3 is 11.9 Å². The van der Waals surface area contributed by atoms with E-state index >= 15 is 0 Å². The van der Waals surface area contributed by atoms with Crippen molar-refractivity contribution in [3.63, 3.8) is 0 Å². The van der Waals surface area contributed by atoms with Crippen molar-refractivity contribution < 1.29 is 32.0 Å². The second-order valence-electron chi connectivity index (χ2n) is 17.8. The first kappa shape index (κ1) is 57.6. The van der Waals surface area contributed by atoms with Gasteiger partial charge in [0.15, 0.2) is 0 Å². The summed E-state index contributed by atoms with van der Waals surface area (Å²) in [6, 6.07) is 3.78. The van der Waals surface area contributed by atoms with Crippen LogP contribution in [0.25, 0.3) is 0 Å². The Hall–Kier alpha value is -2.45. The lowest BCUT2D eigenvalue weighted by Crippen LogP contribution is -2.19. The zero-order chi connectivity index (χ0) is 45.0. The maximum Gasteiger partial charge on any atom is 0.340 e. The fraction of sp³-hybridized carbons (Fsp3) is 0.778. The Bertz CT molecular complexity index is 1370. The first-order valence-electron chi connectivity index (χ1n) is 26.1. The smallest absolute Gasteiger partial charge is 0.340 e. The largest absolute Gasteiger partial charge is 0.462 e. The highest BCUT2D eigenvalue weighted by Crippen LogP contribution is 2.23. The quantitative estimate of drug-likeness (QED) is 0.0301. The number of allylic oxidation sites excluding steroid dienone is 4. The molecule has 0 bridgehead atoms. The molecule has 0 saturated carbocycles. The minimum absolute atomic E-state index is 0.110. The van der Waals surface area contributed by atoms with Crippen LogP contribution in [0.5, 0.6) is 0 Å². The molecule has 1 aromatic carbocycles. The summed E-state index contributed by atoms with van der Waals surface area (Å²) in [5, 5.41) is 0. The number of carbonyl (C=O) groups is 2. The summed E-state index contributed by atoms with van der Waals surface area (Å²) in [6.45, 7) is 4.82. The molecule has 0 unspecified atom stereocenters. The highest BCUT2D eigenvalue weighted by Gasteiger charge is 2.28. The molecule has 0 aliphatic carbocycles. The van der Waals surface area contributed by atoms with Crippen LogP contribution in [0.15, 0.2) is 47.4 Å². The highest BCUT2D eigenvalue weighted by atomic mass is 32.2. The highest BCUT2D eigenvalue weighted by molar-refractivity contribution is 7.86. The molecule has 7 nitrogen and oxygen atoms in total. The van der Waals surface area contributed by atoms with Crippen molar-refractivity contribution in [3.05, 3.63) is 53.6 Å². The molecular formula is C54H94O7S. The molecule has 1 aromatic rings. The minimum Gasteiger partial charge on any atom is -0.462 e. The number of unbranched alkanes of at least 4 members (excludes halogenated alkanes) is 34. The molecule has 0 aliphatic heterocycles. The Morgan fingerprint density at radius 3 is 1.05 bits per heavy atom. The molecule has 0 fully saturated rings. The molecule has 0 spiro atoms. The van der Waals surface area contributed by atoms with E-state index in [1.54, 1.807) is 0 Å². The Morgan fingerprint density at radius 2 is 0.726 bits per heavy atom. The molecule has 0 heterocycles. The summed E-state index contributed by atoms with van der Waals surface area (Å²) in [6.07, 6.45) is 56.3. The number of esters is 2. The van der Waals surface area contributed by atoms with Crippen molar-refractivity contribution in [1.29, 1.82) is 0 Å². The van der Waals surface area contributed by atoms with Gasteiger partial charge in [-0.15, -0.1) is 0 Å². The van der Waals surface area contributed by atoms with Gasteiger partial charge in [-0.25, -0.2) is 9.59 Å². The van der Waals surface area contributed by atoms with Crippen LogP contribution in [0.4, 0.5) is 0 Å². The van der Waals surface area contributed by atoms with Gasteiger partial charge in [-0.2, -0.15) is 8.42 Å². The zero-order valence-corrected chi connectivity index (χ0v) is 40.9. The van der Waals surface area contributed by atoms with Crippen molar-refractivity contribution in [2.24, 2.45) is 0 Å². The third kappa shape index (κ3) is 34.0. The number of carbonyl (C=O) groups excluding carboxylic acids is 2. The van der Waals surface area contributed by atoms with Gasteiger partial charge in [0.2, 0.25) is 0 Å². The number of hydrogen-bond acceptors (Lipinski definition) is 6. The van der Waals surface area contributed by atoms with E-state index in [4.69, 9.17) is 9.47 Å². The van der Waals surface area contributed by atoms with Gasteiger partial charge in [-0.3, -0.25) is 4.55 Å². The summed E-state index contributed by atoms with van der Waals surface area (Å²) in [7, 11) is -4.77. The van der Waals surface area contributed by atoms with Crippen molar-refractivity contribution >= 4 is 22.1 Å². The van der Waals surface area contributed by atoms with E-state index in [9.17, 15) is 22.6 Å². The lowest BCUT2D eigenvalue weighted by atomic mass is 10.0. The van der Waals surface area contributed by atoms with Crippen LogP contribution in [0.2, 0.25) is 0 Å². The van der Waals surface area contributed by atoms with Gasteiger partial charge in [0.05, 0.1) is 24.3 Å². The van der Waals surface area contributed by atoms with Gasteiger partial charge in [-0.1, -0.05) is 224 Å². The molecule has 1 rings (SSSR count). The predicted molar refractivity (Wildman–Crippen MR) is 262 cm³/mol. The zero-order valence-electron chi connectivity index (χ0n) is 40.1. The standard InChI is InChI=1S/C54H94O7S/c1-3-5-7-9-11-13-15-17-19-21-23-25-27-29-31-33-35-37-39-41-43-48-60-53(55)50-46-45-47-51(62(57,58)59)52(50)54(56)61-49-44-42-40-38-36-34-32-30-28-26-24-22-20-18-16-14-12-10-8-6-4-2/h17-20,45-47H,3-16,21-44,48-49H2,1-2H3,(H,57,58,59)/b19-17+,20-18+. The Morgan fingerprint density at radius 1 is 0.435 bits per heavy atom. The summed E-state index contributed by atoms with van der Waals surface area (Å²) in [5.74, 6) is -1.74. The summed E-state index contributed by atoms with van der Waals surface area (Å²) < 4.78 is 45.0. The molecule has 0 saturated heterocycles. The topological polar surface area (TPSA) is 107 Å². The van der Waals surface area contributed by atoms with Gasteiger partial charge in [0, 0.05) is 0 Å².